The van der Waals surface area contributed by atoms with Crippen LogP contribution in [0.4, 0.5) is 11.6 Å². The predicted octanol–water partition coefficient (Wildman–Crippen LogP) is 5.26. The molecule has 0 spiro atoms. The molecule has 0 aliphatic heterocycles. The summed E-state index contributed by atoms with van der Waals surface area (Å²) in [6, 6.07) is 19.5. The van der Waals surface area contributed by atoms with Crippen LogP contribution in [0.5, 0.6) is 0 Å². The van der Waals surface area contributed by atoms with Crippen molar-refractivity contribution in [2.45, 2.75) is 5.03 Å². The number of anilines is 2. The fourth-order valence-electron chi connectivity index (χ4n) is 2.00. The average molecular weight is 328 g/mol. The van der Waals surface area contributed by atoms with Gasteiger partial charge in [-0.25, -0.2) is 9.97 Å². The van der Waals surface area contributed by atoms with E-state index in [-0.39, 0.29) is 0 Å². The number of rotatable bonds is 4. The number of nitrogens with one attached hydrogen (secondary N) is 1. The molecule has 3 aromatic rings. The molecule has 0 aliphatic rings. The van der Waals surface area contributed by atoms with Crippen molar-refractivity contribution in [3.63, 3.8) is 0 Å². The van der Waals surface area contributed by atoms with Crippen molar-refractivity contribution in [2.24, 2.45) is 0 Å². The van der Waals surface area contributed by atoms with Crippen LogP contribution in [-0.4, -0.2) is 16.2 Å². The van der Waals surface area contributed by atoms with Crippen molar-refractivity contribution >= 4 is 35.0 Å². The summed E-state index contributed by atoms with van der Waals surface area (Å²) in [4.78, 5) is 9.10. The highest BCUT2D eigenvalue weighted by Gasteiger charge is 2.06. The van der Waals surface area contributed by atoms with Crippen LogP contribution in [0.3, 0.4) is 0 Å². The zero-order chi connectivity index (χ0) is 15.4. The van der Waals surface area contributed by atoms with Gasteiger partial charge in [-0.1, -0.05) is 41.9 Å². The summed E-state index contributed by atoms with van der Waals surface area (Å²) >= 11 is 7.50. The average Bonchev–Trinajstić information content (AvgIpc) is 2.57. The van der Waals surface area contributed by atoms with Crippen LogP contribution in [0, 0.1) is 0 Å². The summed E-state index contributed by atoms with van der Waals surface area (Å²) in [7, 11) is 0. The van der Waals surface area contributed by atoms with Gasteiger partial charge in [0.2, 0.25) is 5.95 Å². The lowest BCUT2D eigenvalue weighted by Gasteiger charge is -2.09. The molecule has 0 radical (unpaired) electrons. The molecule has 1 aromatic heterocycles. The summed E-state index contributed by atoms with van der Waals surface area (Å²) in [5.41, 5.74) is 2.87. The molecule has 0 saturated heterocycles. The molecule has 3 rings (SSSR count). The monoisotopic (exact) mass is 327 g/mol. The molecule has 1 N–H and O–H groups in total. The Kier molecular flexibility index (Phi) is 4.61. The van der Waals surface area contributed by atoms with Gasteiger partial charge in [0, 0.05) is 16.3 Å². The Hall–Kier alpha value is -2.04. The van der Waals surface area contributed by atoms with Gasteiger partial charge in [0.1, 0.15) is 5.03 Å². The summed E-state index contributed by atoms with van der Waals surface area (Å²) in [6.07, 6.45) is 2.00. The van der Waals surface area contributed by atoms with E-state index in [0.717, 1.165) is 22.0 Å². The van der Waals surface area contributed by atoms with Gasteiger partial charge >= 0.3 is 0 Å². The number of thioether (sulfide) groups is 1. The lowest BCUT2D eigenvalue weighted by Crippen LogP contribution is -1.99. The molecule has 1 heterocycles. The van der Waals surface area contributed by atoms with Gasteiger partial charge in [-0.05, 0) is 36.6 Å². The van der Waals surface area contributed by atoms with Crippen molar-refractivity contribution in [2.75, 3.05) is 11.6 Å². The summed E-state index contributed by atoms with van der Waals surface area (Å²) in [6.45, 7) is 0. The largest absolute Gasteiger partial charge is 0.324 e. The maximum Gasteiger partial charge on any atom is 0.228 e. The number of nitrogens with zero attached hydrogens (tertiary/aromatic N) is 2. The molecule has 22 heavy (non-hydrogen) atoms. The molecule has 0 atom stereocenters. The van der Waals surface area contributed by atoms with E-state index in [1.54, 1.807) is 11.8 Å². The Labute approximate surface area is 138 Å². The fourth-order valence-corrected chi connectivity index (χ4v) is 2.54. The highest BCUT2D eigenvalue weighted by atomic mass is 35.5. The van der Waals surface area contributed by atoms with E-state index in [9.17, 15) is 0 Å². The van der Waals surface area contributed by atoms with Crippen LogP contribution < -0.4 is 5.32 Å². The number of hydrogen-bond donors (Lipinski definition) is 1. The minimum Gasteiger partial charge on any atom is -0.324 e. The second-order valence-corrected chi connectivity index (χ2v) is 5.88. The lowest BCUT2D eigenvalue weighted by molar-refractivity contribution is 1.06. The Bertz CT molecular complexity index is 761. The molecule has 2 aromatic carbocycles. The van der Waals surface area contributed by atoms with Crippen molar-refractivity contribution in [1.29, 1.82) is 0 Å². The smallest absolute Gasteiger partial charge is 0.228 e. The Morgan fingerprint density at radius 3 is 2.36 bits per heavy atom. The third-order valence-corrected chi connectivity index (χ3v) is 3.96. The first-order valence-electron chi connectivity index (χ1n) is 6.76. The first-order chi connectivity index (χ1) is 10.7. The molecule has 5 heteroatoms. The van der Waals surface area contributed by atoms with E-state index in [2.05, 4.69) is 15.3 Å². The minimum absolute atomic E-state index is 0.577. The standard InChI is InChI=1S/C17H14ClN3S/c1-22-16-11-15(12-5-3-2-4-6-12)20-17(21-16)19-14-9-7-13(18)8-10-14/h2-11H,1H3,(H,19,20,21). The number of benzene rings is 2. The molecule has 0 amide bonds. The van der Waals surface area contributed by atoms with Crippen molar-refractivity contribution in [3.05, 3.63) is 65.7 Å². The van der Waals surface area contributed by atoms with Crippen molar-refractivity contribution in [1.82, 2.24) is 9.97 Å². The molecular formula is C17H14ClN3S. The van der Waals surface area contributed by atoms with E-state index in [0.29, 0.717) is 11.0 Å². The van der Waals surface area contributed by atoms with E-state index in [1.807, 2.05) is 66.9 Å². The molecule has 0 bridgehead atoms. The molecule has 0 unspecified atom stereocenters. The number of halogens is 1. The Morgan fingerprint density at radius 1 is 0.955 bits per heavy atom. The van der Waals surface area contributed by atoms with E-state index in [1.165, 1.54) is 0 Å². The lowest BCUT2D eigenvalue weighted by atomic mass is 10.1. The van der Waals surface area contributed by atoms with Crippen molar-refractivity contribution in [3.8, 4) is 11.3 Å². The van der Waals surface area contributed by atoms with Crippen LogP contribution in [0.1, 0.15) is 0 Å². The normalized spacial score (nSPS) is 10.5. The number of hydrogen-bond acceptors (Lipinski definition) is 4. The molecule has 0 saturated carbocycles. The van der Waals surface area contributed by atoms with Gasteiger partial charge in [0.05, 0.1) is 5.69 Å². The highest BCUT2D eigenvalue weighted by Crippen LogP contribution is 2.25. The summed E-state index contributed by atoms with van der Waals surface area (Å²) < 4.78 is 0. The maximum absolute atomic E-state index is 5.91. The van der Waals surface area contributed by atoms with Gasteiger partial charge in [-0.3, -0.25) is 0 Å². The molecule has 3 nitrogen and oxygen atoms in total. The molecule has 0 fully saturated rings. The van der Waals surface area contributed by atoms with Gasteiger partial charge in [-0.15, -0.1) is 11.8 Å². The topological polar surface area (TPSA) is 37.8 Å². The molecular weight excluding hydrogens is 314 g/mol. The van der Waals surface area contributed by atoms with Gasteiger partial charge in [0.15, 0.2) is 0 Å². The predicted molar refractivity (Wildman–Crippen MR) is 94.0 cm³/mol. The molecule has 0 aliphatic carbocycles. The van der Waals surface area contributed by atoms with Crippen LogP contribution >= 0.6 is 23.4 Å². The number of aromatic nitrogens is 2. The van der Waals surface area contributed by atoms with Crippen LogP contribution in [-0.2, 0) is 0 Å². The SMILES string of the molecule is CSc1cc(-c2ccccc2)nc(Nc2ccc(Cl)cc2)n1. The van der Waals surface area contributed by atoms with E-state index >= 15 is 0 Å². The van der Waals surface area contributed by atoms with Crippen LogP contribution in [0.25, 0.3) is 11.3 Å². The second-order valence-electron chi connectivity index (χ2n) is 4.62. The van der Waals surface area contributed by atoms with Gasteiger partial charge in [-0.2, -0.15) is 0 Å². The minimum atomic E-state index is 0.577. The zero-order valence-corrected chi connectivity index (χ0v) is 13.5. The quantitative estimate of drug-likeness (QED) is 0.523. The fraction of sp³-hybridized carbons (Fsp3) is 0.0588. The van der Waals surface area contributed by atoms with Crippen LogP contribution in [0.15, 0.2) is 65.7 Å². The van der Waals surface area contributed by atoms with Gasteiger partial charge < -0.3 is 5.32 Å². The van der Waals surface area contributed by atoms with Crippen LogP contribution in [0.2, 0.25) is 5.02 Å². The summed E-state index contributed by atoms with van der Waals surface area (Å²) in [5, 5.41) is 4.85. The zero-order valence-electron chi connectivity index (χ0n) is 12.0. The highest BCUT2D eigenvalue weighted by molar-refractivity contribution is 7.98. The first kappa shape index (κ1) is 14.9. The third kappa shape index (κ3) is 3.59. The Balaban J connectivity index is 1.95. The maximum atomic E-state index is 5.91. The third-order valence-electron chi connectivity index (χ3n) is 3.08. The Morgan fingerprint density at radius 2 is 1.68 bits per heavy atom. The summed E-state index contributed by atoms with van der Waals surface area (Å²) in [5.74, 6) is 0.577. The van der Waals surface area contributed by atoms with E-state index < -0.39 is 0 Å². The van der Waals surface area contributed by atoms with Gasteiger partial charge in [0.25, 0.3) is 0 Å². The first-order valence-corrected chi connectivity index (χ1v) is 8.36. The van der Waals surface area contributed by atoms with E-state index in [4.69, 9.17) is 11.6 Å². The van der Waals surface area contributed by atoms with Crippen molar-refractivity contribution < 1.29 is 0 Å². The second kappa shape index (κ2) is 6.81. The molecule has 110 valence electrons.